The van der Waals surface area contributed by atoms with Crippen LogP contribution < -0.4 is 15.2 Å². The molecule has 7 nitrogen and oxygen atoms in total. The van der Waals surface area contributed by atoms with Gasteiger partial charge in [-0.3, -0.25) is 4.79 Å². The molecule has 0 spiro atoms. The Labute approximate surface area is 174 Å². The number of sulfonamides is 1. The van der Waals surface area contributed by atoms with Crippen LogP contribution in [0.25, 0.3) is 0 Å². The monoisotopic (exact) mass is 433 g/mol. The predicted molar refractivity (Wildman–Crippen MR) is 112 cm³/mol. The summed E-state index contributed by atoms with van der Waals surface area (Å²) < 4.78 is 33.2. The molecule has 160 valence electrons. The van der Waals surface area contributed by atoms with Crippen LogP contribution in [-0.4, -0.2) is 51.5 Å². The molecule has 1 amide bonds. The number of carbonyl (C=O) groups is 1. The molecule has 0 bridgehead atoms. The molecule has 0 aromatic heterocycles. The van der Waals surface area contributed by atoms with Gasteiger partial charge in [0.2, 0.25) is 15.9 Å². The first kappa shape index (κ1) is 24.7. The topological polar surface area (TPSA) is 102 Å². The number of benzene rings is 1. The second-order valence-corrected chi connectivity index (χ2v) is 9.28. The fraction of sp³-hybridized carbons (Fsp3) is 0.632. The van der Waals surface area contributed by atoms with Crippen molar-refractivity contribution >= 4 is 28.3 Å². The largest absolute Gasteiger partial charge is 0.497 e. The number of amides is 1. The summed E-state index contributed by atoms with van der Waals surface area (Å²) in [7, 11) is -2.30. The summed E-state index contributed by atoms with van der Waals surface area (Å²) in [6.07, 6.45) is 1.87. The van der Waals surface area contributed by atoms with E-state index in [2.05, 4.69) is 4.72 Å². The molecule has 1 aromatic carbocycles. The van der Waals surface area contributed by atoms with Crippen LogP contribution >= 0.6 is 12.4 Å². The molecule has 1 aliphatic heterocycles. The van der Waals surface area contributed by atoms with Gasteiger partial charge in [-0.25, -0.2) is 8.42 Å². The minimum atomic E-state index is -3.82. The van der Waals surface area contributed by atoms with E-state index in [1.54, 1.807) is 17.0 Å². The lowest BCUT2D eigenvalue weighted by molar-refractivity contribution is -0.136. The molecule has 3 unspecified atom stereocenters. The molecule has 2 rings (SSSR count). The molecule has 28 heavy (non-hydrogen) atoms. The number of rotatable bonds is 7. The van der Waals surface area contributed by atoms with Gasteiger partial charge in [-0.05, 0) is 55.9 Å². The highest BCUT2D eigenvalue weighted by atomic mass is 35.5. The van der Waals surface area contributed by atoms with Crippen LogP contribution in [0.15, 0.2) is 29.2 Å². The van der Waals surface area contributed by atoms with Crippen molar-refractivity contribution in [1.82, 2.24) is 9.62 Å². The molecule has 1 fully saturated rings. The highest BCUT2D eigenvalue weighted by Gasteiger charge is 2.34. The van der Waals surface area contributed by atoms with Gasteiger partial charge in [0.05, 0.1) is 12.0 Å². The number of nitrogens with one attached hydrogen (secondary N) is 1. The molecule has 0 saturated carbocycles. The SMILES string of the molecule is COc1ccc(S(=O)(=O)NC(C(=O)N2CCCC(C(C)N)C2)C(C)C)cc1.Cl. The molecule has 3 atom stereocenters. The molecule has 3 N–H and O–H groups in total. The first-order chi connectivity index (χ1) is 12.7. The van der Waals surface area contributed by atoms with Gasteiger partial charge in [-0.15, -0.1) is 12.4 Å². The van der Waals surface area contributed by atoms with E-state index in [4.69, 9.17) is 10.5 Å². The van der Waals surface area contributed by atoms with Crippen LogP contribution in [-0.2, 0) is 14.8 Å². The van der Waals surface area contributed by atoms with Crippen molar-refractivity contribution in [2.75, 3.05) is 20.2 Å². The molecular formula is C19H32ClN3O4S. The van der Waals surface area contributed by atoms with Gasteiger partial charge in [0.1, 0.15) is 11.8 Å². The van der Waals surface area contributed by atoms with Crippen LogP contribution in [0.5, 0.6) is 5.75 Å². The number of ether oxygens (including phenoxy) is 1. The van der Waals surface area contributed by atoms with Crippen molar-refractivity contribution < 1.29 is 17.9 Å². The second-order valence-electron chi connectivity index (χ2n) is 7.56. The summed E-state index contributed by atoms with van der Waals surface area (Å²) in [4.78, 5) is 14.9. The molecule has 1 aromatic rings. The Morgan fingerprint density at radius 3 is 2.36 bits per heavy atom. The quantitative estimate of drug-likeness (QED) is 0.684. The van der Waals surface area contributed by atoms with E-state index in [1.807, 2.05) is 20.8 Å². The zero-order chi connectivity index (χ0) is 20.2. The fourth-order valence-electron chi connectivity index (χ4n) is 3.30. The lowest BCUT2D eigenvalue weighted by Crippen LogP contribution is -2.54. The molecule has 1 aliphatic rings. The van der Waals surface area contributed by atoms with Gasteiger partial charge in [0, 0.05) is 19.1 Å². The number of nitrogens with two attached hydrogens (primary N) is 1. The maximum Gasteiger partial charge on any atom is 0.241 e. The Kier molecular flexibility index (Phi) is 9.20. The zero-order valence-electron chi connectivity index (χ0n) is 16.9. The Morgan fingerprint density at radius 2 is 1.86 bits per heavy atom. The third kappa shape index (κ3) is 6.07. The molecule has 1 heterocycles. The van der Waals surface area contributed by atoms with E-state index < -0.39 is 16.1 Å². The van der Waals surface area contributed by atoms with E-state index in [-0.39, 0.29) is 41.1 Å². The lowest BCUT2D eigenvalue weighted by Gasteiger charge is -2.37. The molecule has 0 radical (unpaired) electrons. The standard InChI is InChI=1S/C19H31N3O4S.ClH/c1-13(2)18(19(23)22-11-5-6-15(12-22)14(3)20)21-27(24,25)17-9-7-16(26-4)8-10-17;/h7-10,13-15,18,21H,5-6,11-12,20H2,1-4H3;1H. The van der Waals surface area contributed by atoms with E-state index in [9.17, 15) is 13.2 Å². The number of piperidine rings is 1. The molecule has 1 saturated heterocycles. The summed E-state index contributed by atoms with van der Waals surface area (Å²) >= 11 is 0. The van der Waals surface area contributed by atoms with Crippen LogP contribution in [0.3, 0.4) is 0 Å². The zero-order valence-corrected chi connectivity index (χ0v) is 18.6. The number of carbonyl (C=O) groups excluding carboxylic acids is 1. The minimum absolute atomic E-state index is 0. The Balaban J connectivity index is 0.00000392. The van der Waals surface area contributed by atoms with Gasteiger partial charge in [0.15, 0.2) is 0 Å². The lowest BCUT2D eigenvalue weighted by atomic mass is 9.91. The van der Waals surface area contributed by atoms with Crippen molar-refractivity contribution in [2.24, 2.45) is 17.6 Å². The van der Waals surface area contributed by atoms with Crippen molar-refractivity contribution in [2.45, 2.75) is 50.6 Å². The van der Waals surface area contributed by atoms with Gasteiger partial charge < -0.3 is 15.4 Å². The Morgan fingerprint density at radius 1 is 1.25 bits per heavy atom. The summed E-state index contributed by atoms with van der Waals surface area (Å²) in [5.41, 5.74) is 6.01. The number of nitrogens with zero attached hydrogens (tertiary/aromatic N) is 1. The number of likely N-dealkylation sites (tertiary alicyclic amines) is 1. The van der Waals surface area contributed by atoms with Crippen molar-refractivity contribution in [1.29, 1.82) is 0 Å². The summed E-state index contributed by atoms with van der Waals surface area (Å²) in [5.74, 6) is 0.447. The maximum atomic E-state index is 13.1. The van der Waals surface area contributed by atoms with Gasteiger partial charge in [0.25, 0.3) is 0 Å². The Hall–Kier alpha value is -1.35. The van der Waals surface area contributed by atoms with Crippen LogP contribution in [0.2, 0.25) is 0 Å². The third-order valence-corrected chi connectivity index (χ3v) is 6.55. The first-order valence-corrected chi connectivity index (χ1v) is 10.8. The third-order valence-electron chi connectivity index (χ3n) is 5.10. The normalized spacial score (nSPS) is 19.6. The molecule has 9 heteroatoms. The van der Waals surface area contributed by atoms with Gasteiger partial charge >= 0.3 is 0 Å². The van der Waals surface area contributed by atoms with Crippen LogP contribution in [0.1, 0.15) is 33.6 Å². The van der Waals surface area contributed by atoms with E-state index in [1.165, 1.54) is 19.2 Å². The van der Waals surface area contributed by atoms with E-state index >= 15 is 0 Å². The summed E-state index contributed by atoms with van der Waals surface area (Å²) in [5, 5.41) is 0. The smallest absolute Gasteiger partial charge is 0.241 e. The number of hydrogen-bond acceptors (Lipinski definition) is 5. The molecule has 0 aliphatic carbocycles. The molecular weight excluding hydrogens is 402 g/mol. The maximum absolute atomic E-state index is 13.1. The Bertz CT molecular complexity index is 738. The average molecular weight is 434 g/mol. The average Bonchev–Trinajstić information content (AvgIpc) is 2.65. The van der Waals surface area contributed by atoms with Crippen molar-refractivity contribution in [3.63, 3.8) is 0 Å². The second kappa shape index (κ2) is 10.4. The first-order valence-electron chi connectivity index (χ1n) is 9.36. The highest BCUT2D eigenvalue weighted by molar-refractivity contribution is 7.89. The summed E-state index contributed by atoms with van der Waals surface area (Å²) in [6, 6.07) is 5.29. The van der Waals surface area contributed by atoms with Gasteiger partial charge in [-0.2, -0.15) is 4.72 Å². The van der Waals surface area contributed by atoms with Crippen LogP contribution in [0.4, 0.5) is 0 Å². The number of methoxy groups -OCH3 is 1. The van der Waals surface area contributed by atoms with E-state index in [0.717, 1.165) is 12.8 Å². The number of hydrogen-bond donors (Lipinski definition) is 2. The van der Waals surface area contributed by atoms with Crippen molar-refractivity contribution in [3.05, 3.63) is 24.3 Å². The summed E-state index contributed by atoms with van der Waals surface area (Å²) in [6.45, 7) is 6.84. The number of halogens is 1. The van der Waals surface area contributed by atoms with Crippen LogP contribution in [0, 0.1) is 11.8 Å². The van der Waals surface area contributed by atoms with Gasteiger partial charge in [-0.1, -0.05) is 13.8 Å². The van der Waals surface area contributed by atoms with Crippen molar-refractivity contribution in [3.8, 4) is 5.75 Å². The van der Waals surface area contributed by atoms with E-state index in [0.29, 0.717) is 18.8 Å². The predicted octanol–water partition coefficient (Wildman–Crippen LogP) is 2.01. The fourth-order valence-corrected chi connectivity index (χ4v) is 4.64. The highest BCUT2D eigenvalue weighted by Crippen LogP contribution is 2.22. The minimum Gasteiger partial charge on any atom is -0.497 e.